The number of aliphatic hydroxyl groups excluding tert-OH is 3. The monoisotopic (exact) mass is 540 g/mol. The minimum absolute atomic E-state index is 0.0406. The van der Waals surface area contributed by atoms with Gasteiger partial charge in [-0.15, -0.1) is 0 Å². The van der Waals surface area contributed by atoms with Gasteiger partial charge in [0.05, 0.1) is 31.2 Å². The predicted octanol–water partition coefficient (Wildman–Crippen LogP) is 3.90. The van der Waals surface area contributed by atoms with E-state index >= 15 is 0 Å². The van der Waals surface area contributed by atoms with Crippen molar-refractivity contribution in [2.45, 2.75) is 148 Å². The quantitative estimate of drug-likeness (QED) is 0.338. The van der Waals surface area contributed by atoms with Gasteiger partial charge in [0.2, 0.25) is 0 Å². The molecule has 4 rings (SSSR count). The number of hydrogen-bond donors (Lipinski definition) is 3. The van der Waals surface area contributed by atoms with Crippen LogP contribution >= 0.6 is 0 Å². The zero-order valence-corrected chi connectivity index (χ0v) is 23.7. The van der Waals surface area contributed by atoms with Crippen LogP contribution in [0.2, 0.25) is 0 Å². The normalized spacial score (nSPS) is 33.7. The molecule has 3 N–H and O–H groups in total. The Kier molecular flexibility index (Phi) is 12.2. The van der Waals surface area contributed by atoms with Gasteiger partial charge in [0.1, 0.15) is 17.8 Å². The summed E-state index contributed by atoms with van der Waals surface area (Å²) in [5, 5.41) is 28.2. The highest BCUT2D eigenvalue weighted by atomic mass is 16.6. The summed E-state index contributed by atoms with van der Waals surface area (Å²) < 4.78 is 15.4. The van der Waals surface area contributed by atoms with Crippen LogP contribution in [0, 0.1) is 5.41 Å². The van der Waals surface area contributed by atoms with Gasteiger partial charge in [0, 0.05) is 25.3 Å². The number of aliphatic hydroxyl groups is 3. The van der Waals surface area contributed by atoms with Crippen LogP contribution in [-0.2, 0) is 28.6 Å². The van der Waals surface area contributed by atoms with Crippen molar-refractivity contribution in [1.29, 1.82) is 0 Å². The van der Waals surface area contributed by atoms with Gasteiger partial charge in [-0.3, -0.25) is 9.59 Å². The van der Waals surface area contributed by atoms with Crippen LogP contribution in [0.4, 0.5) is 0 Å². The molecule has 3 aliphatic heterocycles. The summed E-state index contributed by atoms with van der Waals surface area (Å²) in [5.41, 5.74) is 0.317. The molecule has 0 spiro atoms. The Bertz CT molecular complexity index is 800. The SMILES string of the molecule is CC1(C)C[C@H](O)C[C@@]2(C)OC(=O)C=C12.CCCC[C@H]1C[C@@H](O)CC(=O)O1.CCCC[C@H]1C[C@H](O)CC(=O)O1. The number of hydrogen-bond acceptors (Lipinski definition) is 9. The van der Waals surface area contributed by atoms with Gasteiger partial charge in [-0.25, -0.2) is 4.79 Å². The van der Waals surface area contributed by atoms with E-state index in [0.717, 1.165) is 44.1 Å². The topological polar surface area (TPSA) is 140 Å². The Morgan fingerprint density at radius 2 is 1.26 bits per heavy atom. The number of carbonyl (C=O) groups is 3. The molecule has 0 amide bonds. The first-order valence-electron chi connectivity index (χ1n) is 14.2. The van der Waals surface area contributed by atoms with Crippen molar-refractivity contribution in [3.05, 3.63) is 11.6 Å². The van der Waals surface area contributed by atoms with Crippen LogP contribution in [0.1, 0.15) is 112 Å². The van der Waals surface area contributed by atoms with E-state index in [9.17, 15) is 29.7 Å². The molecule has 3 heterocycles. The summed E-state index contributed by atoms with van der Waals surface area (Å²) in [6.07, 6.45) is 9.07. The Morgan fingerprint density at radius 3 is 1.68 bits per heavy atom. The number of cyclic esters (lactones) is 2. The maximum atomic E-state index is 11.2. The van der Waals surface area contributed by atoms with E-state index in [1.165, 1.54) is 0 Å². The third-order valence-corrected chi connectivity index (χ3v) is 7.49. The highest BCUT2D eigenvalue weighted by molar-refractivity contribution is 5.87. The molecule has 0 unspecified atom stereocenters. The molecule has 2 saturated heterocycles. The van der Waals surface area contributed by atoms with Gasteiger partial charge in [0.25, 0.3) is 0 Å². The van der Waals surface area contributed by atoms with Gasteiger partial charge >= 0.3 is 17.9 Å². The number of unbranched alkanes of at least 4 members (excludes halogenated alkanes) is 2. The molecule has 1 aliphatic carbocycles. The van der Waals surface area contributed by atoms with Crippen molar-refractivity contribution in [2.24, 2.45) is 5.41 Å². The summed E-state index contributed by atoms with van der Waals surface area (Å²) in [6, 6.07) is 0. The van der Waals surface area contributed by atoms with Crippen molar-refractivity contribution in [3.8, 4) is 0 Å². The van der Waals surface area contributed by atoms with Crippen LogP contribution in [0.25, 0.3) is 0 Å². The van der Waals surface area contributed by atoms with E-state index in [1.807, 2.05) is 20.8 Å². The summed E-state index contributed by atoms with van der Waals surface area (Å²) in [5.74, 6) is -0.783. The molecule has 9 nitrogen and oxygen atoms in total. The van der Waals surface area contributed by atoms with Crippen LogP contribution in [-0.4, -0.2) is 69.3 Å². The maximum Gasteiger partial charge on any atom is 0.331 e. The molecule has 9 heteroatoms. The highest BCUT2D eigenvalue weighted by Gasteiger charge is 2.51. The molecular formula is C29H48O9. The third-order valence-electron chi connectivity index (χ3n) is 7.49. The lowest BCUT2D eigenvalue weighted by molar-refractivity contribution is -0.161. The first kappa shape index (κ1) is 32.2. The molecule has 38 heavy (non-hydrogen) atoms. The lowest BCUT2D eigenvalue weighted by Crippen LogP contribution is -2.44. The van der Waals surface area contributed by atoms with E-state index in [0.29, 0.717) is 25.7 Å². The summed E-state index contributed by atoms with van der Waals surface area (Å²) in [6.45, 7) is 10.2. The minimum Gasteiger partial charge on any atom is -0.462 e. The van der Waals surface area contributed by atoms with Crippen LogP contribution < -0.4 is 0 Å². The predicted molar refractivity (Wildman–Crippen MR) is 141 cm³/mol. The molecule has 6 atom stereocenters. The zero-order chi connectivity index (χ0) is 28.5. The molecule has 0 bridgehead atoms. The average molecular weight is 541 g/mol. The van der Waals surface area contributed by atoms with Crippen LogP contribution in [0.3, 0.4) is 0 Å². The minimum atomic E-state index is -0.571. The molecular weight excluding hydrogens is 492 g/mol. The molecule has 3 fully saturated rings. The summed E-state index contributed by atoms with van der Waals surface area (Å²) in [7, 11) is 0. The standard InChI is InChI=1S/C11H16O3.2C9H16O3/c1-10(2)5-7(12)6-11(3)8(10)4-9(13)14-11;2*1-2-3-4-8-5-7(10)6-9(11)12-8/h4,7,12H,5-6H2,1-3H3;2*7-8,10H,2-6H2,1H3/t7-,11+;7-,8+;7-,8-/m010/s1. The van der Waals surface area contributed by atoms with Crippen molar-refractivity contribution in [3.63, 3.8) is 0 Å². The van der Waals surface area contributed by atoms with Crippen molar-refractivity contribution >= 4 is 17.9 Å². The highest BCUT2D eigenvalue weighted by Crippen LogP contribution is 2.50. The molecule has 0 aromatic rings. The van der Waals surface area contributed by atoms with Gasteiger partial charge in [-0.05, 0) is 37.2 Å². The van der Waals surface area contributed by atoms with E-state index in [1.54, 1.807) is 6.08 Å². The maximum absolute atomic E-state index is 11.2. The Balaban J connectivity index is 0.000000201. The fourth-order valence-electron chi connectivity index (χ4n) is 5.80. The first-order valence-corrected chi connectivity index (χ1v) is 14.2. The number of esters is 3. The second-order valence-corrected chi connectivity index (χ2v) is 11.9. The lowest BCUT2D eigenvalue weighted by Gasteiger charge is -2.43. The molecule has 4 aliphatic rings. The van der Waals surface area contributed by atoms with Crippen LogP contribution in [0.5, 0.6) is 0 Å². The van der Waals surface area contributed by atoms with Crippen molar-refractivity contribution in [1.82, 2.24) is 0 Å². The van der Waals surface area contributed by atoms with Gasteiger partial charge in [0.15, 0.2) is 0 Å². The van der Waals surface area contributed by atoms with E-state index in [4.69, 9.17) is 14.2 Å². The zero-order valence-electron chi connectivity index (χ0n) is 23.7. The molecule has 0 aromatic carbocycles. The molecule has 0 radical (unpaired) electrons. The Hall–Kier alpha value is -1.97. The molecule has 218 valence electrons. The second kappa shape index (κ2) is 14.4. The number of rotatable bonds is 6. The van der Waals surface area contributed by atoms with Gasteiger partial charge < -0.3 is 29.5 Å². The first-order chi connectivity index (χ1) is 17.8. The molecule has 0 aromatic heterocycles. The fraction of sp³-hybridized carbons (Fsp3) is 0.828. The third kappa shape index (κ3) is 9.97. The Morgan fingerprint density at radius 1 is 0.789 bits per heavy atom. The summed E-state index contributed by atoms with van der Waals surface area (Å²) in [4.78, 5) is 33.0. The number of ether oxygens (including phenoxy) is 3. The van der Waals surface area contributed by atoms with E-state index < -0.39 is 17.8 Å². The summed E-state index contributed by atoms with van der Waals surface area (Å²) >= 11 is 0. The molecule has 1 saturated carbocycles. The van der Waals surface area contributed by atoms with E-state index in [-0.39, 0.29) is 54.5 Å². The fourth-order valence-corrected chi connectivity index (χ4v) is 5.80. The van der Waals surface area contributed by atoms with Crippen molar-refractivity contribution in [2.75, 3.05) is 0 Å². The van der Waals surface area contributed by atoms with Crippen LogP contribution in [0.15, 0.2) is 11.6 Å². The van der Waals surface area contributed by atoms with Gasteiger partial charge in [-0.2, -0.15) is 0 Å². The number of carbonyl (C=O) groups excluding carboxylic acids is 3. The second-order valence-electron chi connectivity index (χ2n) is 11.9. The smallest absolute Gasteiger partial charge is 0.331 e. The largest absolute Gasteiger partial charge is 0.462 e. The van der Waals surface area contributed by atoms with Crippen molar-refractivity contribution < 1.29 is 43.9 Å². The number of fused-ring (bicyclic) bond motifs is 1. The van der Waals surface area contributed by atoms with E-state index in [2.05, 4.69) is 13.8 Å². The Labute approximate surface area is 226 Å². The average Bonchev–Trinajstić information content (AvgIpc) is 3.10. The lowest BCUT2D eigenvalue weighted by atomic mass is 9.65. The van der Waals surface area contributed by atoms with Gasteiger partial charge in [-0.1, -0.05) is 53.4 Å².